The normalized spacial score (nSPS) is 10.6. The van der Waals surface area contributed by atoms with Crippen LogP contribution in [0.4, 0.5) is 5.69 Å². The second-order valence-corrected chi connectivity index (χ2v) is 5.22. The summed E-state index contributed by atoms with van der Waals surface area (Å²) in [6, 6.07) is 19.5. The Morgan fingerprint density at radius 3 is 2.19 bits per heavy atom. The standard InChI is InChI=1S/C19H26N2/c1-3-20-15-14-17-10-8-9-11-18(17)16-21(4-2)19-12-6-5-7-13-19/h5-13,20H,3-4,14-16H2,1-2H3. The molecule has 2 heteroatoms. The van der Waals surface area contributed by atoms with Gasteiger partial charge in [-0.15, -0.1) is 0 Å². The minimum absolute atomic E-state index is 0.975. The number of benzene rings is 2. The molecule has 0 unspecified atom stereocenters. The number of nitrogens with zero attached hydrogens (tertiary/aromatic N) is 1. The lowest BCUT2D eigenvalue weighted by molar-refractivity contribution is 0.710. The topological polar surface area (TPSA) is 15.3 Å². The number of para-hydroxylation sites is 1. The number of anilines is 1. The fraction of sp³-hybridized carbons (Fsp3) is 0.368. The smallest absolute Gasteiger partial charge is 0.0432 e. The Bertz CT molecular complexity index is 522. The molecule has 0 fully saturated rings. The average molecular weight is 282 g/mol. The van der Waals surface area contributed by atoms with E-state index in [1.54, 1.807) is 0 Å². The molecule has 0 saturated heterocycles. The van der Waals surface area contributed by atoms with Crippen LogP contribution in [0.3, 0.4) is 0 Å². The number of likely N-dealkylation sites (N-methyl/N-ethyl adjacent to an activating group) is 1. The molecule has 0 aromatic heterocycles. The molecule has 0 heterocycles. The van der Waals surface area contributed by atoms with Gasteiger partial charge in [-0.3, -0.25) is 0 Å². The Labute approximate surface area is 128 Å². The maximum atomic E-state index is 3.41. The van der Waals surface area contributed by atoms with Crippen LogP contribution >= 0.6 is 0 Å². The first-order chi connectivity index (χ1) is 10.3. The van der Waals surface area contributed by atoms with Crippen molar-refractivity contribution in [3.05, 3.63) is 65.7 Å². The van der Waals surface area contributed by atoms with E-state index < -0.39 is 0 Å². The van der Waals surface area contributed by atoms with Crippen LogP contribution < -0.4 is 10.2 Å². The summed E-state index contributed by atoms with van der Waals surface area (Å²) in [6.07, 6.45) is 1.09. The molecule has 0 saturated carbocycles. The van der Waals surface area contributed by atoms with Crippen molar-refractivity contribution in [1.82, 2.24) is 5.32 Å². The first kappa shape index (κ1) is 15.6. The lowest BCUT2D eigenvalue weighted by Crippen LogP contribution is -2.23. The second kappa shape index (κ2) is 8.48. The lowest BCUT2D eigenvalue weighted by atomic mass is 10.0. The molecule has 0 aliphatic heterocycles. The van der Waals surface area contributed by atoms with E-state index in [4.69, 9.17) is 0 Å². The van der Waals surface area contributed by atoms with E-state index in [1.807, 2.05) is 0 Å². The molecule has 2 aromatic rings. The van der Waals surface area contributed by atoms with Gasteiger partial charge in [-0.1, -0.05) is 49.4 Å². The number of nitrogens with one attached hydrogen (secondary N) is 1. The van der Waals surface area contributed by atoms with Crippen LogP contribution in [0.2, 0.25) is 0 Å². The van der Waals surface area contributed by atoms with E-state index >= 15 is 0 Å². The van der Waals surface area contributed by atoms with Crippen LogP contribution in [-0.4, -0.2) is 19.6 Å². The SMILES string of the molecule is CCNCCc1ccccc1CN(CC)c1ccccc1. The van der Waals surface area contributed by atoms with E-state index in [-0.39, 0.29) is 0 Å². The van der Waals surface area contributed by atoms with Gasteiger partial charge in [0.15, 0.2) is 0 Å². The quantitative estimate of drug-likeness (QED) is 0.740. The Morgan fingerprint density at radius 2 is 1.52 bits per heavy atom. The van der Waals surface area contributed by atoms with Crippen molar-refractivity contribution in [2.24, 2.45) is 0 Å². The van der Waals surface area contributed by atoms with Crippen LogP contribution in [0.25, 0.3) is 0 Å². The predicted octanol–water partition coefficient (Wildman–Crippen LogP) is 3.87. The molecule has 2 rings (SSSR count). The largest absolute Gasteiger partial charge is 0.367 e. The molecule has 0 spiro atoms. The highest BCUT2D eigenvalue weighted by atomic mass is 15.1. The maximum absolute atomic E-state index is 3.41. The van der Waals surface area contributed by atoms with Crippen molar-refractivity contribution in [2.45, 2.75) is 26.8 Å². The molecule has 0 aliphatic carbocycles. The van der Waals surface area contributed by atoms with Crippen molar-refractivity contribution < 1.29 is 0 Å². The number of hydrogen-bond acceptors (Lipinski definition) is 2. The molecular formula is C19H26N2. The van der Waals surface area contributed by atoms with Crippen molar-refractivity contribution in [3.8, 4) is 0 Å². The van der Waals surface area contributed by atoms with E-state index in [1.165, 1.54) is 16.8 Å². The van der Waals surface area contributed by atoms with E-state index in [2.05, 4.69) is 78.7 Å². The van der Waals surface area contributed by atoms with E-state index in [9.17, 15) is 0 Å². The van der Waals surface area contributed by atoms with Crippen LogP contribution in [-0.2, 0) is 13.0 Å². The molecule has 21 heavy (non-hydrogen) atoms. The molecule has 0 atom stereocenters. The summed E-state index contributed by atoms with van der Waals surface area (Å²) in [4.78, 5) is 2.42. The Morgan fingerprint density at radius 1 is 0.857 bits per heavy atom. The molecule has 0 amide bonds. The van der Waals surface area contributed by atoms with Gasteiger partial charge < -0.3 is 10.2 Å². The summed E-state index contributed by atoms with van der Waals surface area (Å²) < 4.78 is 0. The minimum atomic E-state index is 0.975. The Kier molecular flexibility index (Phi) is 6.29. The Hall–Kier alpha value is -1.80. The van der Waals surface area contributed by atoms with Gasteiger partial charge in [-0.25, -0.2) is 0 Å². The van der Waals surface area contributed by atoms with Crippen molar-refractivity contribution in [2.75, 3.05) is 24.5 Å². The summed E-state index contributed by atoms with van der Waals surface area (Å²) in [5, 5.41) is 3.41. The van der Waals surface area contributed by atoms with Gasteiger partial charge in [0.25, 0.3) is 0 Å². The molecule has 2 nitrogen and oxygen atoms in total. The number of rotatable bonds is 8. The van der Waals surface area contributed by atoms with Gasteiger partial charge in [0.2, 0.25) is 0 Å². The highest BCUT2D eigenvalue weighted by molar-refractivity contribution is 5.47. The third-order valence-electron chi connectivity index (χ3n) is 3.80. The van der Waals surface area contributed by atoms with Gasteiger partial charge in [0.1, 0.15) is 0 Å². The second-order valence-electron chi connectivity index (χ2n) is 5.22. The fourth-order valence-corrected chi connectivity index (χ4v) is 2.59. The Balaban J connectivity index is 2.10. The van der Waals surface area contributed by atoms with E-state index in [0.29, 0.717) is 0 Å². The lowest BCUT2D eigenvalue weighted by Gasteiger charge is -2.24. The van der Waals surface area contributed by atoms with Gasteiger partial charge in [0, 0.05) is 18.8 Å². The zero-order valence-electron chi connectivity index (χ0n) is 13.2. The van der Waals surface area contributed by atoms with Crippen LogP contribution in [0, 0.1) is 0 Å². The summed E-state index contributed by atoms with van der Waals surface area (Å²) >= 11 is 0. The summed E-state index contributed by atoms with van der Waals surface area (Å²) in [6.45, 7) is 8.45. The van der Waals surface area contributed by atoms with Gasteiger partial charge in [-0.05, 0) is 49.7 Å². The molecule has 0 radical (unpaired) electrons. The molecular weight excluding hydrogens is 256 g/mol. The highest BCUT2D eigenvalue weighted by Crippen LogP contribution is 2.18. The molecule has 0 aliphatic rings. The number of hydrogen-bond donors (Lipinski definition) is 1. The summed E-state index contributed by atoms with van der Waals surface area (Å²) in [7, 11) is 0. The molecule has 2 aromatic carbocycles. The monoisotopic (exact) mass is 282 g/mol. The van der Waals surface area contributed by atoms with Gasteiger partial charge in [-0.2, -0.15) is 0 Å². The average Bonchev–Trinajstić information content (AvgIpc) is 2.55. The summed E-state index contributed by atoms with van der Waals surface area (Å²) in [5.74, 6) is 0. The minimum Gasteiger partial charge on any atom is -0.367 e. The van der Waals surface area contributed by atoms with Gasteiger partial charge in [0.05, 0.1) is 0 Å². The third kappa shape index (κ3) is 4.61. The zero-order chi connectivity index (χ0) is 14.9. The first-order valence-corrected chi connectivity index (χ1v) is 7.92. The first-order valence-electron chi connectivity index (χ1n) is 7.92. The van der Waals surface area contributed by atoms with Crippen molar-refractivity contribution >= 4 is 5.69 Å². The van der Waals surface area contributed by atoms with Crippen molar-refractivity contribution in [1.29, 1.82) is 0 Å². The summed E-state index contributed by atoms with van der Waals surface area (Å²) in [5.41, 5.74) is 4.18. The van der Waals surface area contributed by atoms with Crippen molar-refractivity contribution in [3.63, 3.8) is 0 Å². The van der Waals surface area contributed by atoms with Crippen LogP contribution in [0.15, 0.2) is 54.6 Å². The molecule has 1 N–H and O–H groups in total. The molecule has 112 valence electrons. The predicted molar refractivity (Wildman–Crippen MR) is 91.9 cm³/mol. The third-order valence-corrected chi connectivity index (χ3v) is 3.80. The van der Waals surface area contributed by atoms with E-state index in [0.717, 1.165) is 32.6 Å². The van der Waals surface area contributed by atoms with Gasteiger partial charge >= 0.3 is 0 Å². The maximum Gasteiger partial charge on any atom is 0.0432 e. The molecule has 0 bridgehead atoms. The highest BCUT2D eigenvalue weighted by Gasteiger charge is 2.08. The van der Waals surface area contributed by atoms with Crippen LogP contribution in [0.1, 0.15) is 25.0 Å². The zero-order valence-corrected chi connectivity index (χ0v) is 13.2. The fourth-order valence-electron chi connectivity index (χ4n) is 2.59. The van der Waals surface area contributed by atoms with Crippen LogP contribution in [0.5, 0.6) is 0 Å².